The highest BCUT2D eigenvalue weighted by atomic mass is 16.2. The number of hydrogen-bond acceptors (Lipinski definition) is 2. The van der Waals surface area contributed by atoms with E-state index in [4.69, 9.17) is 0 Å². The molecule has 5 nitrogen and oxygen atoms in total. The van der Waals surface area contributed by atoms with Gasteiger partial charge in [0.05, 0.1) is 17.8 Å². The third-order valence-electron chi connectivity index (χ3n) is 4.71. The van der Waals surface area contributed by atoms with Crippen molar-refractivity contribution in [3.05, 3.63) is 63.5 Å². The number of fused-ring (bicyclic) bond motifs is 3. The molecular weight excluding hydrogens is 266 g/mol. The molecule has 0 N–H and O–H groups in total. The molecule has 1 aliphatic carbocycles. The normalized spacial score (nSPS) is 23.9. The Morgan fingerprint density at radius 3 is 2.43 bits per heavy atom. The highest BCUT2D eigenvalue weighted by Gasteiger charge is 2.36. The summed E-state index contributed by atoms with van der Waals surface area (Å²) in [6, 6.07) is 9.21. The first-order chi connectivity index (χ1) is 10.2. The Morgan fingerprint density at radius 2 is 1.67 bits per heavy atom. The van der Waals surface area contributed by atoms with Gasteiger partial charge in [0.1, 0.15) is 0 Å². The number of hydrogen-bond donors (Lipinski definition) is 0. The minimum Gasteiger partial charge on any atom is -0.245 e. The summed E-state index contributed by atoms with van der Waals surface area (Å²) in [6.07, 6.45) is 3.64. The minimum atomic E-state index is -0.246. The molecule has 2 unspecified atom stereocenters. The molecule has 1 aromatic heterocycles. The third-order valence-corrected chi connectivity index (χ3v) is 4.71. The second-order valence-electron chi connectivity index (χ2n) is 5.87. The molecular formula is C16H17N3O2. The van der Waals surface area contributed by atoms with Crippen molar-refractivity contribution in [2.24, 2.45) is 0 Å². The summed E-state index contributed by atoms with van der Waals surface area (Å²) in [6.45, 7) is 4.12. The Morgan fingerprint density at radius 1 is 0.952 bits per heavy atom. The van der Waals surface area contributed by atoms with Crippen LogP contribution in [0, 0.1) is 0 Å². The van der Waals surface area contributed by atoms with E-state index in [0.29, 0.717) is 5.69 Å². The second-order valence-corrected chi connectivity index (χ2v) is 5.87. The maximum Gasteiger partial charge on any atom is 0.352 e. The minimum absolute atomic E-state index is 0.0334. The zero-order valence-corrected chi connectivity index (χ0v) is 11.7. The quantitative estimate of drug-likeness (QED) is 0.752. The van der Waals surface area contributed by atoms with Crippen LogP contribution in [0.4, 0.5) is 0 Å². The van der Waals surface area contributed by atoms with Gasteiger partial charge in [-0.3, -0.25) is 0 Å². The van der Waals surface area contributed by atoms with Gasteiger partial charge in [-0.1, -0.05) is 30.4 Å². The maximum absolute atomic E-state index is 12.8. The Hall–Kier alpha value is -2.30. The third kappa shape index (κ3) is 1.63. The van der Waals surface area contributed by atoms with E-state index in [9.17, 15) is 9.59 Å². The molecule has 3 aliphatic rings. The molecule has 0 spiro atoms. The Bertz CT molecular complexity index is 825. The van der Waals surface area contributed by atoms with Crippen LogP contribution in [0.5, 0.6) is 0 Å². The summed E-state index contributed by atoms with van der Waals surface area (Å²) < 4.78 is 4.59. The van der Waals surface area contributed by atoms with E-state index in [1.807, 2.05) is 18.2 Å². The fraction of sp³-hybridized carbons (Fsp3) is 0.375. The molecule has 0 radical (unpaired) electrons. The number of aromatic nitrogens is 3. The van der Waals surface area contributed by atoms with Gasteiger partial charge in [0.2, 0.25) is 0 Å². The molecule has 5 heteroatoms. The lowest BCUT2D eigenvalue weighted by atomic mass is 10.0. The van der Waals surface area contributed by atoms with E-state index in [-0.39, 0.29) is 23.5 Å². The summed E-state index contributed by atoms with van der Waals surface area (Å²) in [4.78, 5) is 25.5. The lowest BCUT2D eigenvalue weighted by Gasteiger charge is -2.27. The topological polar surface area (TPSA) is 48.9 Å². The SMILES string of the molecule is C=C1CCC2CCC1n1c(=O)n(-c3ccccc3)c(=O)n12. The Balaban J connectivity index is 2.04. The van der Waals surface area contributed by atoms with Gasteiger partial charge in [0, 0.05) is 0 Å². The molecule has 2 aromatic rings. The molecule has 3 heterocycles. The fourth-order valence-corrected chi connectivity index (χ4v) is 3.64. The Kier molecular flexibility index (Phi) is 2.58. The van der Waals surface area contributed by atoms with Crippen LogP contribution in [0.3, 0.4) is 0 Å². The average Bonchev–Trinajstić information content (AvgIpc) is 2.64. The van der Waals surface area contributed by atoms with E-state index in [1.165, 1.54) is 4.57 Å². The van der Waals surface area contributed by atoms with E-state index in [0.717, 1.165) is 31.3 Å². The molecule has 2 atom stereocenters. The largest absolute Gasteiger partial charge is 0.352 e. The van der Waals surface area contributed by atoms with Crippen molar-refractivity contribution in [2.45, 2.75) is 37.8 Å². The number of rotatable bonds is 1. The van der Waals surface area contributed by atoms with Crippen LogP contribution in [0.15, 0.2) is 52.1 Å². The monoisotopic (exact) mass is 283 g/mol. The van der Waals surface area contributed by atoms with Gasteiger partial charge >= 0.3 is 11.4 Å². The van der Waals surface area contributed by atoms with Crippen molar-refractivity contribution in [3.8, 4) is 5.69 Å². The maximum atomic E-state index is 12.8. The van der Waals surface area contributed by atoms with E-state index in [2.05, 4.69) is 6.58 Å². The smallest absolute Gasteiger partial charge is 0.245 e. The summed E-state index contributed by atoms with van der Waals surface area (Å²) in [5.41, 5.74) is 1.22. The van der Waals surface area contributed by atoms with Crippen molar-refractivity contribution in [1.29, 1.82) is 0 Å². The van der Waals surface area contributed by atoms with Crippen molar-refractivity contribution < 1.29 is 0 Å². The lowest BCUT2D eigenvalue weighted by molar-refractivity contribution is 0.256. The molecule has 0 saturated heterocycles. The van der Waals surface area contributed by atoms with Gasteiger partial charge in [0.25, 0.3) is 0 Å². The number of allylic oxidation sites excluding steroid dienone is 1. The summed E-state index contributed by atoms with van der Waals surface area (Å²) in [5, 5.41) is 0. The molecule has 0 amide bonds. The van der Waals surface area contributed by atoms with Crippen molar-refractivity contribution in [1.82, 2.24) is 13.9 Å². The van der Waals surface area contributed by atoms with Crippen molar-refractivity contribution in [3.63, 3.8) is 0 Å². The highest BCUT2D eigenvalue weighted by molar-refractivity contribution is 5.31. The van der Waals surface area contributed by atoms with Crippen LogP contribution >= 0.6 is 0 Å². The van der Waals surface area contributed by atoms with Crippen LogP contribution in [0.1, 0.15) is 37.8 Å². The number of benzene rings is 1. The van der Waals surface area contributed by atoms with Gasteiger partial charge in [-0.25, -0.2) is 23.5 Å². The first kappa shape index (κ1) is 12.4. The average molecular weight is 283 g/mol. The highest BCUT2D eigenvalue weighted by Crippen LogP contribution is 2.39. The van der Waals surface area contributed by atoms with E-state index < -0.39 is 0 Å². The number of para-hydroxylation sites is 1. The van der Waals surface area contributed by atoms with Gasteiger partial charge in [-0.2, -0.15) is 0 Å². The molecule has 5 rings (SSSR count). The summed E-state index contributed by atoms with van der Waals surface area (Å²) >= 11 is 0. The first-order valence-corrected chi connectivity index (χ1v) is 7.37. The molecule has 21 heavy (non-hydrogen) atoms. The predicted octanol–water partition coefficient (Wildman–Crippen LogP) is 2.03. The summed E-state index contributed by atoms with van der Waals surface area (Å²) in [5.74, 6) is 0. The molecule has 2 bridgehead atoms. The van der Waals surface area contributed by atoms with Crippen LogP contribution in [0.25, 0.3) is 5.69 Å². The van der Waals surface area contributed by atoms with E-state index in [1.54, 1.807) is 21.5 Å². The van der Waals surface area contributed by atoms with Gasteiger partial charge < -0.3 is 0 Å². The lowest BCUT2D eigenvalue weighted by Crippen LogP contribution is -2.35. The number of nitrogens with zero attached hydrogens (tertiary/aromatic N) is 3. The molecule has 1 fully saturated rings. The zero-order chi connectivity index (χ0) is 14.6. The van der Waals surface area contributed by atoms with Crippen LogP contribution in [-0.4, -0.2) is 13.9 Å². The molecule has 1 aromatic carbocycles. The van der Waals surface area contributed by atoms with Crippen molar-refractivity contribution >= 4 is 0 Å². The molecule has 108 valence electrons. The van der Waals surface area contributed by atoms with E-state index >= 15 is 0 Å². The van der Waals surface area contributed by atoms with Gasteiger partial charge in [0.15, 0.2) is 0 Å². The standard InChI is InChI=1S/C16H17N3O2/c1-11-7-8-13-9-10-14(11)19-16(21)17(15(20)18(13)19)12-5-3-2-4-6-12/h2-6,13-14H,1,7-10H2. The first-order valence-electron chi connectivity index (χ1n) is 7.37. The summed E-state index contributed by atoms with van der Waals surface area (Å²) in [7, 11) is 0. The molecule has 1 saturated carbocycles. The fourth-order valence-electron chi connectivity index (χ4n) is 3.64. The van der Waals surface area contributed by atoms with Gasteiger partial charge in [-0.05, 0) is 37.8 Å². The van der Waals surface area contributed by atoms with Crippen molar-refractivity contribution in [2.75, 3.05) is 0 Å². The zero-order valence-electron chi connectivity index (χ0n) is 11.7. The van der Waals surface area contributed by atoms with Crippen LogP contribution in [-0.2, 0) is 0 Å². The second kappa shape index (κ2) is 4.35. The predicted molar refractivity (Wildman–Crippen MR) is 80.0 cm³/mol. The van der Waals surface area contributed by atoms with Gasteiger partial charge in [-0.15, -0.1) is 0 Å². The van der Waals surface area contributed by atoms with Crippen LogP contribution in [0.2, 0.25) is 0 Å². The molecule has 2 aliphatic heterocycles. The Labute approximate surface area is 121 Å². The van der Waals surface area contributed by atoms with Crippen LogP contribution < -0.4 is 11.4 Å².